The Hall–Kier alpha value is -2.85. The fourth-order valence-electron chi connectivity index (χ4n) is 3.42. The van der Waals surface area contributed by atoms with Crippen LogP contribution in [0, 0.1) is 11.3 Å². The molecule has 0 radical (unpaired) electrons. The van der Waals surface area contributed by atoms with Gasteiger partial charge in [-0.25, -0.2) is 4.79 Å². The predicted molar refractivity (Wildman–Crippen MR) is 105 cm³/mol. The SMILES string of the molecule is CC(C)(C)c1ccc(OC[C@@H](O)Cn2c(=O)c(C#N)c3n(c2=O)CCC3)cc1. The summed E-state index contributed by atoms with van der Waals surface area (Å²) in [5, 5.41) is 19.6. The molecule has 2 heterocycles. The van der Waals surface area contributed by atoms with Gasteiger partial charge in [0.25, 0.3) is 5.56 Å². The molecule has 0 aliphatic carbocycles. The van der Waals surface area contributed by atoms with Crippen LogP contribution in [-0.2, 0) is 24.9 Å². The van der Waals surface area contributed by atoms with E-state index in [1.807, 2.05) is 30.3 Å². The van der Waals surface area contributed by atoms with Crippen molar-refractivity contribution in [3.63, 3.8) is 0 Å². The second-order valence-electron chi connectivity index (χ2n) is 8.13. The van der Waals surface area contributed by atoms with E-state index < -0.39 is 17.4 Å². The van der Waals surface area contributed by atoms with E-state index in [4.69, 9.17) is 4.74 Å². The van der Waals surface area contributed by atoms with Crippen molar-refractivity contribution in [1.29, 1.82) is 5.26 Å². The van der Waals surface area contributed by atoms with Crippen molar-refractivity contribution in [2.45, 2.75) is 58.2 Å². The zero-order valence-corrected chi connectivity index (χ0v) is 16.4. The number of aliphatic hydroxyl groups is 1. The molecule has 3 rings (SSSR count). The topological polar surface area (TPSA) is 97.2 Å². The third-order valence-electron chi connectivity index (χ3n) is 5.00. The number of hydrogen-bond donors (Lipinski definition) is 1. The molecule has 0 bridgehead atoms. The highest BCUT2D eigenvalue weighted by Crippen LogP contribution is 2.24. The van der Waals surface area contributed by atoms with E-state index in [1.165, 1.54) is 10.1 Å². The maximum absolute atomic E-state index is 12.6. The monoisotopic (exact) mass is 383 g/mol. The molecule has 2 aromatic rings. The van der Waals surface area contributed by atoms with Gasteiger partial charge in [-0.1, -0.05) is 32.9 Å². The molecule has 1 aliphatic rings. The highest BCUT2D eigenvalue weighted by molar-refractivity contribution is 5.33. The van der Waals surface area contributed by atoms with Crippen molar-refractivity contribution >= 4 is 0 Å². The molecular weight excluding hydrogens is 358 g/mol. The Morgan fingerprint density at radius 2 is 1.93 bits per heavy atom. The summed E-state index contributed by atoms with van der Waals surface area (Å²) >= 11 is 0. The van der Waals surface area contributed by atoms with Gasteiger partial charge in [-0.15, -0.1) is 0 Å². The predicted octanol–water partition coefficient (Wildman–Crippen LogP) is 1.57. The number of nitriles is 1. The van der Waals surface area contributed by atoms with Gasteiger partial charge < -0.3 is 9.84 Å². The minimum absolute atomic E-state index is 0.0111. The molecule has 0 amide bonds. The average Bonchev–Trinajstić information content (AvgIpc) is 3.13. The summed E-state index contributed by atoms with van der Waals surface area (Å²) in [6.07, 6.45) is 0.216. The Balaban J connectivity index is 1.72. The van der Waals surface area contributed by atoms with Crippen LogP contribution >= 0.6 is 0 Å². The molecule has 1 aromatic heterocycles. The first-order valence-electron chi connectivity index (χ1n) is 9.40. The summed E-state index contributed by atoms with van der Waals surface area (Å²) in [6, 6.07) is 9.51. The van der Waals surface area contributed by atoms with Crippen molar-refractivity contribution in [2.24, 2.45) is 0 Å². The van der Waals surface area contributed by atoms with Crippen molar-refractivity contribution < 1.29 is 9.84 Å². The Morgan fingerprint density at radius 1 is 1.25 bits per heavy atom. The van der Waals surface area contributed by atoms with E-state index in [9.17, 15) is 20.0 Å². The summed E-state index contributed by atoms with van der Waals surface area (Å²) in [6.45, 7) is 6.56. The number of rotatable bonds is 5. The maximum atomic E-state index is 12.6. The molecule has 0 unspecified atom stereocenters. The van der Waals surface area contributed by atoms with Crippen molar-refractivity contribution in [3.05, 3.63) is 61.9 Å². The van der Waals surface area contributed by atoms with Gasteiger partial charge in [0.15, 0.2) is 0 Å². The van der Waals surface area contributed by atoms with Crippen LogP contribution < -0.4 is 16.0 Å². The number of benzene rings is 1. The molecule has 28 heavy (non-hydrogen) atoms. The quantitative estimate of drug-likeness (QED) is 0.845. The Morgan fingerprint density at radius 3 is 2.54 bits per heavy atom. The van der Waals surface area contributed by atoms with Crippen LogP contribution in [0.2, 0.25) is 0 Å². The zero-order chi connectivity index (χ0) is 20.5. The zero-order valence-electron chi connectivity index (χ0n) is 16.4. The molecule has 0 fully saturated rings. The summed E-state index contributed by atoms with van der Waals surface area (Å²) in [5.41, 5.74) is 0.566. The van der Waals surface area contributed by atoms with Crippen LogP contribution in [0.1, 0.15) is 44.0 Å². The minimum Gasteiger partial charge on any atom is -0.491 e. The number of aromatic nitrogens is 2. The van der Waals surface area contributed by atoms with Crippen molar-refractivity contribution in [2.75, 3.05) is 6.61 Å². The third-order valence-corrected chi connectivity index (χ3v) is 5.00. The van der Waals surface area contributed by atoms with Crippen molar-refractivity contribution in [3.8, 4) is 11.8 Å². The van der Waals surface area contributed by atoms with E-state index in [0.29, 0.717) is 24.4 Å². The highest BCUT2D eigenvalue weighted by atomic mass is 16.5. The first-order chi connectivity index (χ1) is 13.2. The lowest BCUT2D eigenvalue weighted by molar-refractivity contribution is 0.0899. The van der Waals surface area contributed by atoms with E-state index in [0.717, 1.165) is 11.0 Å². The normalized spacial score (nSPS) is 14.4. The van der Waals surface area contributed by atoms with Gasteiger partial charge in [-0.05, 0) is 36.0 Å². The second kappa shape index (κ2) is 7.64. The summed E-state index contributed by atoms with van der Waals surface area (Å²) in [7, 11) is 0. The van der Waals surface area contributed by atoms with E-state index in [2.05, 4.69) is 20.8 Å². The lowest BCUT2D eigenvalue weighted by Crippen LogP contribution is -2.44. The molecular formula is C21H25N3O4. The number of hydrogen-bond acceptors (Lipinski definition) is 5. The number of aliphatic hydroxyl groups excluding tert-OH is 1. The maximum Gasteiger partial charge on any atom is 0.331 e. The summed E-state index contributed by atoms with van der Waals surface area (Å²) in [4.78, 5) is 25.1. The number of fused-ring (bicyclic) bond motifs is 1. The Kier molecular flexibility index (Phi) is 5.43. The van der Waals surface area contributed by atoms with Crippen LogP contribution in [0.3, 0.4) is 0 Å². The van der Waals surface area contributed by atoms with Crippen LogP contribution in [0.4, 0.5) is 0 Å². The first kappa shape index (κ1) is 19.9. The molecule has 7 heteroatoms. The molecule has 0 saturated carbocycles. The molecule has 1 N–H and O–H groups in total. The van der Waals surface area contributed by atoms with Crippen LogP contribution in [0.25, 0.3) is 0 Å². The van der Waals surface area contributed by atoms with Crippen LogP contribution in [-0.4, -0.2) is 27.0 Å². The van der Waals surface area contributed by atoms with Gasteiger partial charge in [0.1, 0.15) is 30.1 Å². The Bertz CT molecular complexity index is 1020. The van der Waals surface area contributed by atoms with E-state index in [1.54, 1.807) is 0 Å². The Labute approximate surface area is 163 Å². The lowest BCUT2D eigenvalue weighted by atomic mass is 9.87. The lowest BCUT2D eigenvalue weighted by Gasteiger charge is -2.19. The van der Waals surface area contributed by atoms with Gasteiger partial charge in [0.05, 0.1) is 6.54 Å². The number of ether oxygens (including phenoxy) is 1. The molecule has 0 saturated heterocycles. The summed E-state index contributed by atoms with van der Waals surface area (Å²) in [5.74, 6) is 0.600. The van der Waals surface area contributed by atoms with Gasteiger partial charge in [0, 0.05) is 12.2 Å². The van der Waals surface area contributed by atoms with Gasteiger partial charge in [-0.3, -0.25) is 13.9 Å². The van der Waals surface area contributed by atoms with Gasteiger partial charge in [0.2, 0.25) is 0 Å². The summed E-state index contributed by atoms with van der Waals surface area (Å²) < 4.78 is 7.99. The first-order valence-corrected chi connectivity index (χ1v) is 9.40. The van der Waals surface area contributed by atoms with Crippen molar-refractivity contribution in [1.82, 2.24) is 9.13 Å². The van der Waals surface area contributed by atoms with Crippen LogP contribution in [0.15, 0.2) is 33.9 Å². The van der Waals surface area contributed by atoms with Gasteiger partial charge in [-0.2, -0.15) is 5.26 Å². The fraction of sp³-hybridized carbons (Fsp3) is 0.476. The van der Waals surface area contributed by atoms with E-state index >= 15 is 0 Å². The minimum atomic E-state index is -1.06. The van der Waals surface area contributed by atoms with E-state index in [-0.39, 0.29) is 24.1 Å². The van der Waals surface area contributed by atoms with Crippen LogP contribution in [0.5, 0.6) is 5.75 Å². The molecule has 1 aromatic carbocycles. The number of nitrogens with zero attached hydrogens (tertiary/aromatic N) is 3. The molecule has 1 atom stereocenters. The molecule has 7 nitrogen and oxygen atoms in total. The molecule has 0 spiro atoms. The average molecular weight is 383 g/mol. The second-order valence-corrected chi connectivity index (χ2v) is 8.13. The smallest absolute Gasteiger partial charge is 0.331 e. The van der Waals surface area contributed by atoms with Gasteiger partial charge >= 0.3 is 5.69 Å². The molecule has 148 valence electrons. The molecule has 1 aliphatic heterocycles. The standard InChI is InChI=1S/C21H25N3O4/c1-21(2,3)14-6-8-16(9-7-14)28-13-15(25)12-24-19(26)17(11-22)18-5-4-10-23(18)20(24)27/h6-9,15,25H,4-5,10,12-13H2,1-3H3/t15-/m0/s1. The third kappa shape index (κ3) is 3.87. The largest absolute Gasteiger partial charge is 0.491 e. The highest BCUT2D eigenvalue weighted by Gasteiger charge is 2.23. The fourth-order valence-corrected chi connectivity index (χ4v) is 3.42.